The van der Waals surface area contributed by atoms with Gasteiger partial charge in [0.1, 0.15) is 5.69 Å². The summed E-state index contributed by atoms with van der Waals surface area (Å²) in [4.78, 5) is 14.7. The zero-order valence-corrected chi connectivity index (χ0v) is 9.31. The summed E-state index contributed by atoms with van der Waals surface area (Å²) in [6, 6.07) is 8.01. The Morgan fingerprint density at radius 3 is 2.50 bits per heavy atom. The van der Waals surface area contributed by atoms with Gasteiger partial charge < -0.3 is 4.42 Å². The normalized spacial score (nSPS) is 10.7. The molecule has 1 aromatic carbocycles. The highest BCUT2D eigenvalue weighted by Crippen LogP contribution is 2.23. The summed E-state index contributed by atoms with van der Waals surface area (Å²) in [6.07, 6.45) is 1.97. The van der Waals surface area contributed by atoms with Crippen LogP contribution in [0.4, 0.5) is 0 Å². The van der Waals surface area contributed by atoms with E-state index in [1.54, 1.807) is 0 Å². The third kappa shape index (κ3) is 1.89. The zero-order chi connectivity index (χ0) is 11.5. The Balaban J connectivity index is 2.38. The first-order valence-corrected chi connectivity index (χ1v) is 5.21. The fourth-order valence-electron chi connectivity index (χ4n) is 1.58. The molecule has 1 aromatic heterocycles. The number of hydrogen-bond acceptors (Lipinski definition) is 3. The number of hydrogen-bond donors (Lipinski definition) is 0. The SMILES string of the molecule is CC(C)c1ccc(-c2ncoc2C=O)cc1. The van der Waals surface area contributed by atoms with Gasteiger partial charge >= 0.3 is 0 Å². The van der Waals surface area contributed by atoms with Crippen molar-refractivity contribution in [1.29, 1.82) is 0 Å². The molecule has 0 saturated heterocycles. The lowest BCUT2D eigenvalue weighted by atomic mass is 10.0. The quantitative estimate of drug-likeness (QED) is 0.738. The van der Waals surface area contributed by atoms with E-state index in [1.807, 2.05) is 24.3 Å². The Labute approximate surface area is 94.1 Å². The van der Waals surface area contributed by atoms with Crippen molar-refractivity contribution < 1.29 is 9.21 Å². The van der Waals surface area contributed by atoms with Crippen LogP contribution in [0.3, 0.4) is 0 Å². The van der Waals surface area contributed by atoms with Crippen LogP contribution < -0.4 is 0 Å². The zero-order valence-electron chi connectivity index (χ0n) is 9.31. The molecule has 0 atom stereocenters. The monoisotopic (exact) mass is 215 g/mol. The van der Waals surface area contributed by atoms with Gasteiger partial charge in [0.05, 0.1) is 0 Å². The van der Waals surface area contributed by atoms with E-state index in [1.165, 1.54) is 12.0 Å². The molecular weight excluding hydrogens is 202 g/mol. The van der Waals surface area contributed by atoms with Crippen LogP contribution in [0.1, 0.15) is 35.9 Å². The van der Waals surface area contributed by atoms with E-state index in [4.69, 9.17) is 4.42 Å². The van der Waals surface area contributed by atoms with Crippen molar-refractivity contribution in [2.75, 3.05) is 0 Å². The molecule has 0 aliphatic heterocycles. The molecule has 3 nitrogen and oxygen atoms in total. The van der Waals surface area contributed by atoms with E-state index in [0.29, 0.717) is 17.9 Å². The van der Waals surface area contributed by atoms with Crippen LogP contribution in [0.25, 0.3) is 11.3 Å². The van der Waals surface area contributed by atoms with Crippen LogP contribution in [-0.2, 0) is 0 Å². The summed E-state index contributed by atoms with van der Waals surface area (Å²) in [6.45, 7) is 4.28. The fraction of sp³-hybridized carbons (Fsp3) is 0.231. The number of aldehydes is 1. The predicted octanol–water partition coefficient (Wildman–Crippen LogP) is 3.28. The smallest absolute Gasteiger partial charge is 0.194 e. The first-order chi connectivity index (χ1) is 7.72. The number of benzene rings is 1. The Morgan fingerprint density at radius 1 is 1.25 bits per heavy atom. The molecule has 0 bridgehead atoms. The summed E-state index contributed by atoms with van der Waals surface area (Å²) in [7, 11) is 0. The van der Waals surface area contributed by atoms with Gasteiger partial charge in [-0.3, -0.25) is 4.79 Å². The maximum absolute atomic E-state index is 10.7. The highest BCUT2D eigenvalue weighted by molar-refractivity contribution is 5.81. The predicted molar refractivity (Wildman–Crippen MR) is 61.4 cm³/mol. The van der Waals surface area contributed by atoms with E-state index < -0.39 is 0 Å². The average molecular weight is 215 g/mol. The highest BCUT2D eigenvalue weighted by Gasteiger charge is 2.09. The van der Waals surface area contributed by atoms with Gasteiger partial charge in [0, 0.05) is 5.56 Å². The average Bonchev–Trinajstić information content (AvgIpc) is 2.77. The van der Waals surface area contributed by atoms with Crippen LogP contribution >= 0.6 is 0 Å². The Hall–Kier alpha value is -1.90. The molecule has 0 aliphatic rings. The van der Waals surface area contributed by atoms with Gasteiger partial charge in [0.25, 0.3) is 0 Å². The number of oxazole rings is 1. The maximum atomic E-state index is 10.7. The molecule has 2 rings (SSSR count). The van der Waals surface area contributed by atoms with Crippen molar-refractivity contribution in [3.05, 3.63) is 42.0 Å². The highest BCUT2D eigenvalue weighted by atomic mass is 16.3. The topological polar surface area (TPSA) is 43.1 Å². The first kappa shape index (κ1) is 10.6. The number of nitrogens with zero attached hydrogens (tertiary/aromatic N) is 1. The number of carbonyl (C=O) groups is 1. The van der Waals surface area contributed by atoms with Crippen molar-refractivity contribution in [2.45, 2.75) is 19.8 Å². The molecule has 0 amide bonds. The van der Waals surface area contributed by atoms with Crippen LogP contribution in [0.15, 0.2) is 35.1 Å². The number of rotatable bonds is 3. The second-order valence-corrected chi connectivity index (χ2v) is 3.96. The fourth-order valence-corrected chi connectivity index (χ4v) is 1.58. The van der Waals surface area contributed by atoms with Crippen LogP contribution in [0, 0.1) is 0 Å². The van der Waals surface area contributed by atoms with Gasteiger partial charge in [-0.25, -0.2) is 4.98 Å². The standard InChI is InChI=1S/C13H13NO2/c1-9(2)10-3-5-11(6-4-10)13-12(7-15)16-8-14-13/h3-9H,1-2H3. The molecule has 82 valence electrons. The second kappa shape index (κ2) is 4.31. The summed E-state index contributed by atoms with van der Waals surface area (Å²) in [5, 5.41) is 0. The lowest BCUT2D eigenvalue weighted by Crippen LogP contribution is -1.88. The Bertz CT molecular complexity index is 483. The van der Waals surface area contributed by atoms with Gasteiger partial charge in [-0.2, -0.15) is 0 Å². The molecule has 0 spiro atoms. The maximum Gasteiger partial charge on any atom is 0.194 e. The van der Waals surface area contributed by atoms with E-state index in [2.05, 4.69) is 18.8 Å². The molecule has 0 unspecified atom stereocenters. The van der Waals surface area contributed by atoms with Gasteiger partial charge in [0.15, 0.2) is 18.4 Å². The van der Waals surface area contributed by atoms with E-state index in [9.17, 15) is 4.79 Å². The summed E-state index contributed by atoms with van der Waals surface area (Å²) in [5.41, 5.74) is 2.77. The second-order valence-electron chi connectivity index (χ2n) is 3.96. The minimum atomic E-state index is 0.275. The van der Waals surface area contributed by atoms with Crippen LogP contribution in [-0.4, -0.2) is 11.3 Å². The Morgan fingerprint density at radius 2 is 1.94 bits per heavy atom. The van der Waals surface area contributed by atoms with Gasteiger partial charge in [0.2, 0.25) is 0 Å². The molecule has 0 aliphatic carbocycles. The Kier molecular flexibility index (Phi) is 2.86. The molecule has 0 radical (unpaired) electrons. The molecule has 3 heteroatoms. The third-order valence-electron chi connectivity index (χ3n) is 2.55. The lowest BCUT2D eigenvalue weighted by Gasteiger charge is -2.05. The van der Waals surface area contributed by atoms with Crippen molar-refractivity contribution in [1.82, 2.24) is 4.98 Å². The van der Waals surface area contributed by atoms with Gasteiger partial charge in [-0.05, 0) is 11.5 Å². The van der Waals surface area contributed by atoms with E-state index in [-0.39, 0.29) is 5.76 Å². The molecular formula is C13H13NO2. The largest absolute Gasteiger partial charge is 0.440 e. The van der Waals surface area contributed by atoms with Crippen molar-refractivity contribution in [2.24, 2.45) is 0 Å². The van der Waals surface area contributed by atoms with Gasteiger partial charge in [-0.15, -0.1) is 0 Å². The van der Waals surface area contributed by atoms with Gasteiger partial charge in [-0.1, -0.05) is 38.1 Å². The van der Waals surface area contributed by atoms with E-state index in [0.717, 1.165) is 5.56 Å². The lowest BCUT2D eigenvalue weighted by molar-refractivity contribution is 0.110. The minimum Gasteiger partial charge on any atom is -0.440 e. The number of carbonyl (C=O) groups excluding carboxylic acids is 1. The molecule has 2 aromatic rings. The molecule has 0 fully saturated rings. The van der Waals surface area contributed by atoms with Crippen molar-refractivity contribution >= 4 is 6.29 Å². The third-order valence-corrected chi connectivity index (χ3v) is 2.55. The minimum absolute atomic E-state index is 0.275. The van der Waals surface area contributed by atoms with E-state index >= 15 is 0 Å². The molecule has 1 heterocycles. The first-order valence-electron chi connectivity index (χ1n) is 5.21. The molecule has 0 saturated carbocycles. The summed E-state index contributed by atoms with van der Waals surface area (Å²) in [5.74, 6) is 0.772. The van der Waals surface area contributed by atoms with Crippen molar-refractivity contribution in [3.63, 3.8) is 0 Å². The van der Waals surface area contributed by atoms with Crippen LogP contribution in [0.5, 0.6) is 0 Å². The van der Waals surface area contributed by atoms with Crippen LogP contribution in [0.2, 0.25) is 0 Å². The summed E-state index contributed by atoms with van der Waals surface area (Å²) >= 11 is 0. The summed E-state index contributed by atoms with van der Waals surface area (Å²) < 4.78 is 4.97. The number of aromatic nitrogens is 1. The molecule has 16 heavy (non-hydrogen) atoms. The van der Waals surface area contributed by atoms with Crippen molar-refractivity contribution in [3.8, 4) is 11.3 Å². The molecule has 0 N–H and O–H groups in total.